The van der Waals surface area contributed by atoms with Crippen LogP contribution < -0.4 is 9.64 Å². The van der Waals surface area contributed by atoms with E-state index in [1.807, 2.05) is 19.9 Å². The Hall–Kier alpha value is -2.17. The first-order valence-corrected chi connectivity index (χ1v) is 7.59. The zero-order valence-electron chi connectivity index (χ0n) is 12.9. The predicted octanol–water partition coefficient (Wildman–Crippen LogP) is 3.28. The number of nitrogens with zero attached hydrogens (tertiary/aromatic N) is 3. The molecule has 5 heteroatoms. The standard InChI is InChI=1S/C17H20FN3O/c1-12-11-13(2)20-17(19-12)21-9-7-16(8-10-21)22-15-5-3-14(18)4-6-15/h3-6,11,16H,7-10H2,1-2H3. The summed E-state index contributed by atoms with van der Waals surface area (Å²) in [5.74, 6) is 1.29. The normalized spacial score (nSPS) is 15.9. The molecule has 0 saturated carbocycles. The van der Waals surface area contributed by atoms with Gasteiger partial charge in [-0.25, -0.2) is 14.4 Å². The fraction of sp³-hybridized carbons (Fsp3) is 0.412. The van der Waals surface area contributed by atoms with E-state index in [1.165, 1.54) is 12.1 Å². The number of anilines is 1. The molecule has 1 aromatic heterocycles. The predicted molar refractivity (Wildman–Crippen MR) is 83.8 cm³/mol. The van der Waals surface area contributed by atoms with Crippen LogP contribution >= 0.6 is 0 Å². The van der Waals surface area contributed by atoms with Crippen LogP contribution in [0, 0.1) is 19.7 Å². The summed E-state index contributed by atoms with van der Waals surface area (Å²) >= 11 is 0. The van der Waals surface area contributed by atoms with Gasteiger partial charge in [-0.3, -0.25) is 0 Å². The van der Waals surface area contributed by atoms with Crippen molar-refractivity contribution in [3.8, 4) is 5.75 Å². The molecular formula is C17H20FN3O. The highest BCUT2D eigenvalue weighted by Gasteiger charge is 2.22. The topological polar surface area (TPSA) is 38.2 Å². The zero-order valence-corrected chi connectivity index (χ0v) is 12.9. The molecule has 2 heterocycles. The van der Waals surface area contributed by atoms with E-state index in [4.69, 9.17) is 4.74 Å². The average molecular weight is 301 g/mol. The van der Waals surface area contributed by atoms with Crippen molar-refractivity contribution in [3.63, 3.8) is 0 Å². The van der Waals surface area contributed by atoms with Crippen LogP contribution in [0.2, 0.25) is 0 Å². The van der Waals surface area contributed by atoms with E-state index in [0.29, 0.717) is 0 Å². The highest BCUT2D eigenvalue weighted by molar-refractivity contribution is 5.33. The van der Waals surface area contributed by atoms with Crippen molar-refractivity contribution in [2.75, 3.05) is 18.0 Å². The van der Waals surface area contributed by atoms with E-state index in [9.17, 15) is 4.39 Å². The van der Waals surface area contributed by atoms with Gasteiger partial charge in [-0.05, 0) is 44.2 Å². The summed E-state index contributed by atoms with van der Waals surface area (Å²) in [6.07, 6.45) is 1.98. The lowest BCUT2D eigenvalue weighted by Crippen LogP contribution is -2.39. The monoisotopic (exact) mass is 301 g/mol. The summed E-state index contributed by atoms with van der Waals surface area (Å²) in [7, 11) is 0. The minimum absolute atomic E-state index is 0.160. The average Bonchev–Trinajstić information content (AvgIpc) is 2.49. The fourth-order valence-electron chi connectivity index (χ4n) is 2.73. The van der Waals surface area contributed by atoms with Crippen LogP contribution in [-0.2, 0) is 0 Å². The lowest BCUT2D eigenvalue weighted by molar-refractivity contribution is 0.170. The Morgan fingerprint density at radius 3 is 2.23 bits per heavy atom. The molecule has 4 nitrogen and oxygen atoms in total. The number of halogens is 1. The Morgan fingerprint density at radius 2 is 1.64 bits per heavy atom. The van der Waals surface area contributed by atoms with Gasteiger partial charge in [0.1, 0.15) is 17.7 Å². The molecule has 0 spiro atoms. The van der Waals surface area contributed by atoms with Crippen molar-refractivity contribution in [1.82, 2.24) is 9.97 Å². The highest BCUT2D eigenvalue weighted by atomic mass is 19.1. The molecule has 1 aromatic carbocycles. The second-order valence-electron chi connectivity index (χ2n) is 5.71. The number of rotatable bonds is 3. The molecular weight excluding hydrogens is 281 g/mol. The van der Waals surface area contributed by atoms with Gasteiger partial charge in [0.25, 0.3) is 0 Å². The Labute approximate surface area is 130 Å². The molecule has 3 rings (SSSR count). The number of hydrogen-bond acceptors (Lipinski definition) is 4. The number of piperidine rings is 1. The maximum absolute atomic E-state index is 12.9. The highest BCUT2D eigenvalue weighted by Crippen LogP contribution is 2.21. The van der Waals surface area contributed by atoms with Gasteiger partial charge in [0, 0.05) is 37.3 Å². The van der Waals surface area contributed by atoms with Gasteiger partial charge in [-0.15, -0.1) is 0 Å². The maximum atomic E-state index is 12.9. The second-order valence-corrected chi connectivity index (χ2v) is 5.71. The lowest BCUT2D eigenvalue weighted by Gasteiger charge is -2.32. The van der Waals surface area contributed by atoms with E-state index in [-0.39, 0.29) is 11.9 Å². The Bertz CT molecular complexity index is 617. The van der Waals surface area contributed by atoms with Gasteiger partial charge in [0.2, 0.25) is 5.95 Å². The molecule has 22 heavy (non-hydrogen) atoms. The summed E-state index contributed by atoms with van der Waals surface area (Å²) in [5, 5.41) is 0. The molecule has 2 aromatic rings. The lowest BCUT2D eigenvalue weighted by atomic mass is 10.1. The van der Waals surface area contributed by atoms with Crippen LogP contribution in [0.4, 0.5) is 10.3 Å². The second kappa shape index (κ2) is 6.30. The van der Waals surface area contributed by atoms with Crippen LogP contribution in [-0.4, -0.2) is 29.2 Å². The summed E-state index contributed by atoms with van der Waals surface area (Å²) in [6.45, 7) is 5.72. The van der Waals surface area contributed by atoms with Crippen molar-refractivity contribution in [2.24, 2.45) is 0 Å². The van der Waals surface area contributed by atoms with Crippen LogP contribution in [0.3, 0.4) is 0 Å². The van der Waals surface area contributed by atoms with Crippen LogP contribution in [0.5, 0.6) is 5.75 Å². The van der Waals surface area contributed by atoms with Crippen molar-refractivity contribution in [3.05, 3.63) is 47.5 Å². The number of aryl methyl sites for hydroxylation is 2. The van der Waals surface area contributed by atoms with Gasteiger partial charge in [-0.1, -0.05) is 0 Å². The molecule has 1 aliphatic heterocycles. The minimum atomic E-state index is -0.242. The first-order valence-electron chi connectivity index (χ1n) is 7.59. The van der Waals surface area contributed by atoms with Crippen molar-refractivity contribution < 1.29 is 9.13 Å². The third kappa shape index (κ3) is 3.53. The summed E-state index contributed by atoms with van der Waals surface area (Å²) in [4.78, 5) is 11.2. The SMILES string of the molecule is Cc1cc(C)nc(N2CCC(Oc3ccc(F)cc3)CC2)n1. The van der Waals surface area contributed by atoms with Gasteiger partial charge in [0.05, 0.1) is 0 Å². The van der Waals surface area contributed by atoms with Crippen molar-refractivity contribution >= 4 is 5.95 Å². The molecule has 0 radical (unpaired) electrons. The molecule has 1 saturated heterocycles. The smallest absolute Gasteiger partial charge is 0.225 e. The van der Waals surface area contributed by atoms with Gasteiger partial charge < -0.3 is 9.64 Å². The molecule has 0 atom stereocenters. The molecule has 0 unspecified atom stereocenters. The third-order valence-corrected chi connectivity index (χ3v) is 3.81. The minimum Gasteiger partial charge on any atom is -0.490 e. The van der Waals surface area contributed by atoms with E-state index in [1.54, 1.807) is 12.1 Å². The Balaban J connectivity index is 1.59. The maximum Gasteiger partial charge on any atom is 0.225 e. The third-order valence-electron chi connectivity index (χ3n) is 3.81. The Kier molecular flexibility index (Phi) is 4.22. The number of benzene rings is 1. The number of aromatic nitrogens is 2. The first-order chi connectivity index (χ1) is 10.6. The summed E-state index contributed by atoms with van der Waals surface area (Å²) in [6, 6.07) is 8.18. The van der Waals surface area contributed by atoms with Crippen molar-refractivity contribution in [1.29, 1.82) is 0 Å². The quantitative estimate of drug-likeness (QED) is 0.872. The van der Waals surface area contributed by atoms with Crippen LogP contribution in [0.25, 0.3) is 0 Å². The van der Waals surface area contributed by atoms with E-state index < -0.39 is 0 Å². The van der Waals surface area contributed by atoms with E-state index in [2.05, 4.69) is 14.9 Å². The molecule has 0 amide bonds. The van der Waals surface area contributed by atoms with Crippen molar-refractivity contribution in [2.45, 2.75) is 32.8 Å². The zero-order chi connectivity index (χ0) is 15.5. The number of ether oxygens (including phenoxy) is 1. The van der Waals surface area contributed by atoms with E-state index in [0.717, 1.165) is 49.0 Å². The molecule has 0 bridgehead atoms. The van der Waals surface area contributed by atoms with Gasteiger partial charge in [-0.2, -0.15) is 0 Å². The van der Waals surface area contributed by atoms with Gasteiger partial charge >= 0.3 is 0 Å². The Morgan fingerprint density at radius 1 is 1.05 bits per heavy atom. The largest absolute Gasteiger partial charge is 0.490 e. The molecule has 116 valence electrons. The molecule has 0 N–H and O–H groups in total. The summed E-state index contributed by atoms with van der Waals surface area (Å²) < 4.78 is 18.8. The molecule has 0 aliphatic carbocycles. The summed E-state index contributed by atoms with van der Waals surface area (Å²) in [5.41, 5.74) is 1.99. The first kappa shape index (κ1) is 14.8. The van der Waals surface area contributed by atoms with E-state index >= 15 is 0 Å². The molecule has 1 fully saturated rings. The van der Waals surface area contributed by atoms with Crippen LogP contribution in [0.15, 0.2) is 30.3 Å². The number of hydrogen-bond donors (Lipinski definition) is 0. The van der Waals surface area contributed by atoms with Crippen LogP contribution in [0.1, 0.15) is 24.2 Å². The van der Waals surface area contributed by atoms with Gasteiger partial charge in [0.15, 0.2) is 0 Å². The molecule has 1 aliphatic rings. The fourth-order valence-corrected chi connectivity index (χ4v) is 2.73.